The van der Waals surface area contributed by atoms with Crippen molar-refractivity contribution in [2.75, 3.05) is 12.0 Å². The molecule has 0 atom stereocenters. The number of halogens is 1. The number of carbonyl (C=O) groups excluding carboxylic acids is 2. The molecule has 2 saturated carbocycles. The van der Waals surface area contributed by atoms with Crippen LogP contribution in [0.1, 0.15) is 74.2 Å². The fourth-order valence-electron chi connectivity index (χ4n) is 4.66. The number of esters is 1. The number of benzene rings is 1. The van der Waals surface area contributed by atoms with Crippen LogP contribution in [0.2, 0.25) is 0 Å². The smallest absolute Gasteiger partial charge is 0.339 e. The van der Waals surface area contributed by atoms with Gasteiger partial charge in [0.25, 0.3) is 0 Å². The summed E-state index contributed by atoms with van der Waals surface area (Å²) in [7, 11) is 1.29. The van der Waals surface area contributed by atoms with Crippen LogP contribution in [0.15, 0.2) is 12.1 Å². The molecule has 3 rings (SSSR count). The fourth-order valence-corrected chi connectivity index (χ4v) is 4.66. The van der Waals surface area contributed by atoms with Crippen LogP contribution in [0.25, 0.3) is 0 Å². The van der Waals surface area contributed by atoms with E-state index in [4.69, 9.17) is 4.74 Å². The van der Waals surface area contributed by atoms with Crippen molar-refractivity contribution in [3.8, 4) is 0 Å². The van der Waals surface area contributed by atoms with E-state index in [1.54, 1.807) is 11.8 Å². The van der Waals surface area contributed by atoms with E-state index in [9.17, 15) is 19.1 Å². The van der Waals surface area contributed by atoms with Crippen LogP contribution in [-0.4, -0.2) is 36.2 Å². The number of hydrogen-bond donors (Lipinski definition) is 1. The Balaban J connectivity index is 2.02. The predicted molar refractivity (Wildman–Crippen MR) is 109 cm³/mol. The van der Waals surface area contributed by atoms with E-state index in [0.29, 0.717) is 42.9 Å². The zero-order chi connectivity index (χ0) is 21.1. The summed E-state index contributed by atoms with van der Waals surface area (Å²) >= 11 is 0. The molecule has 1 N–H and O–H groups in total. The number of nitrogens with zero attached hydrogens (tertiary/aromatic N) is 1. The van der Waals surface area contributed by atoms with Gasteiger partial charge in [0.05, 0.1) is 24.5 Å². The Morgan fingerprint density at radius 3 is 2.28 bits per heavy atom. The lowest BCUT2D eigenvalue weighted by Gasteiger charge is -2.39. The molecular weight excluding hydrogens is 373 g/mol. The van der Waals surface area contributed by atoms with Gasteiger partial charge >= 0.3 is 5.97 Å². The van der Waals surface area contributed by atoms with Crippen LogP contribution in [0.3, 0.4) is 0 Å². The number of aryl methyl sites for hydroxylation is 1. The molecule has 0 bridgehead atoms. The molecule has 5 nitrogen and oxygen atoms in total. The summed E-state index contributed by atoms with van der Waals surface area (Å²) < 4.78 is 19.5. The number of anilines is 1. The first-order chi connectivity index (χ1) is 13.8. The number of aliphatic hydroxyl groups is 1. The second kappa shape index (κ2) is 9.24. The minimum atomic E-state index is -0.575. The van der Waals surface area contributed by atoms with Gasteiger partial charge in [0.2, 0.25) is 5.91 Å². The minimum absolute atomic E-state index is 0.0355. The first-order valence-corrected chi connectivity index (χ1v) is 10.7. The predicted octanol–water partition coefficient (Wildman–Crippen LogP) is 4.38. The average molecular weight is 406 g/mol. The first kappa shape index (κ1) is 21.8. The maximum absolute atomic E-state index is 14.5. The zero-order valence-corrected chi connectivity index (χ0v) is 17.6. The summed E-state index contributed by atoms with van der Waals surface area (Å²) in [6.07, 6.45) is 5.71. The van der Waals surface area contributed by atoms with Gasteiger partial charge in [0.1, 0.15) is 5.82 Å². The molecule has 2 aliphatic rings. The number of ether oxygens (including phenoxy) is 1. The van der Waals surface area contributed by atoms with Gasteiger partial charge < -0.3 is 14.7 Å². The first-order valence-electron chi connectivity index (χ1n) is 10.7. The number of aliphatic hydroxyl groups excluding tert-OH is 1. The molecule has 1 aromatic carbocycles. The van der Waals surface area contributed by atoms with Gasteiger partial charge in [0, 0.05) is 12.0 Å². The highest BCUT2D eigenvalue weighted by Gasteiger charge is 2.36. The molecule has 6 heteroatoms. The van der Waals surface area contributed by atoms with Crippen molar-refractivity contribution in [3.05, 3.63) is 29.1 Å². The lowest BCUT2D eigenvalue weighted by atomic mass is 9.81. The van der Waals surface area contributed by atoms with E-state index < -0.39 is 11.8 Å². The molecule has 0 radical (unpaired) electrons. The highest BCUT2D eigenvalue weighted by atomic mass is 19.1. The number of carbonyl (C=O) groups is 2. The Labute approximate surface area is 172 Å². The molecule has 0 saturated heterocycles. The molecule has 0 aliphatic heterocycles. The molecule has 29 heavy (non-hydrogen) atoms. The second-order valence-electron chi connectivity index (χ2n) is 8.74. The molecule has 0 unspecified atom stereocenters. The van der Waals surface area contributed by atoms with Gasteiger partial charge in [-0.2, -0.15) is 0 Å². The zero-order valence-electron chi connectivity index (χ0n) is 17.6. The number of rotatable bonds is 4. The summed E-state index contributed by atoms with van der Waals surface area (Å²) in [6, 6.07) is 2.61. The standard InChI is InChI=1S/C23H32FNO4/c1-14-4-6-16(7-5-14)22(27)25(17-8-10-18(26)11-9-17)21-13-20(24)15(2)12-19(21)23(28)29-3/h12-14,16-18,26H,4-11H2,1-3H3/t14-,16-,17?,18?. The molecule has 1 aromatic rings. The van der Waals surface area contributed by atoms with Crippen molar-refractivity contribution < 1.29 is 23.8 Å². The Hall–Kier alpha value is -1.95. The maximum atomic E-state index is 14.5. The van der Waals surface area contributed by atoms with Gasteiger partial charge in [-0.3, -0.25) is 4.79 Å². The van der Waals surface area contributed by atoms with E-state index in [-0.39, 0.29) is 29.5 Å². The number of amides is 1. The molecule has 1 amide bonds. The summed E-state index contributed by atoms with van der Waals surface area (Å²) in [5, 5.41) is 9.92. The Bertz CT molecular complexity index is 749. The Morgan fingerprint density at radius 1 is 1.07 bits per heavy atom. The van der Waals surface area contributed by atoms with Crippen molar-refractivity contribution in [2.45, 2.75) is 77.4 Å². The largest absolute Gasteiger partial charge is 0.465 e. The quantitative estimate of drug-likeness (QED) is 0.755. The third kappa shape index (κ3) is 4.80. The highest BCUT2D eigenvalue weighted by Crippen LogP contribution is 2.36. The monoisotopic (exact) mass is 405 g/mol. The van der Waals surface area contributed by atoms with E-state index in [1.807, 2.05) is 0 Å². The summed E-state index contributed by atoms with van der Waals surface area (Å²) in [6.45, 7) is 3.79. The molecule has 0 spiro atoms. The molecule has 2 aliphatic carbocycles. The van der Waals surface area contributed by atoms with E-state index in [0.717, 1.165) is 25.7 Å². The van der Waals surface area contributed by atoms with Gasteiger partial charge in [-0.15, -0.1) is 0 Å². The van der Waals surface area contributed by atoms with Crippen LogP contribution in [-0.2, 0) is 9.53 Å². The third-order valence-corrected chi connectivity index (χ3v) is 6.58. The van der Waals surface area contributed by atoms with Crippen molar-refractivity contribution in [1.29, 1.82) is 0 Å². The maximum Gasteiger partial charge on any atom is 0.339 e. The third-order valence-electron chi connectivity index (χ3n) is 6.58. The van der Waals surface area contributed by atoms with Crippen molar-refractivity contribution in [2.24, 2.45) is 11.8 Å². The Kier molecular flexibility index (Phi) is 6.93. The van der Waals surface area contributed by atoms with Crippen LogP contribution >= 0.6 is 0 Å². The Morgan fingerprint density at radius 2 is 1.69 bits per heavy atom. The summed E-state index contributed by atoms with van der Waals surface area (Å²) in [4.78, 5) is 27.7. The van der Waals surface area contributed by atoms with Crippen LogP contribution in [0.4, 0.5) is 10.1 Å². The average Bonchev–Trinajstić information content (AvgIpc) is 2.71. The van der Waals surface area contributed by atoms with E-state index in [2.05, 4.69) is 6.92 Å². The molecule has 0 heterocycles. The molecule has 2 fully saturated rings. The van der Waals surface area contributed by atoms with Crippen LogP contribution in [0.5, 0.6) is 0 Å². The van der Waals surface area contributed by atoms with Gasteiger partial charge in [0.15, 0.2) is 0 Å². The van der Waals surface area contributed by atoms with Crippen molar-refractivity contribution in [3.63, 3.8) is 0 Å². The van der Waals surface area contributed by atoms with Crippen molar-refractivity contribution in [1.82, 2.24) is 0 Å². The van der Waals surface area contributed by atoms with E-state index >= 15 is 0 Å². The van der Waals surface area contributed by atoms with Gasteiger partial charge in [-0.25, -0.2) is 9.18 Å². The SMILES string of the molecule is COC(=O)c1cc(C)c(F)cc1N(C(=O)[C@H]1CC[C@H](C)CC1)C1CCC(O)CC1. The van der Waals surface area contributed by atoms with Gasteiger partial charge in [-0.05, 0) is 81.9 Å². The normalized spacial score (nSPS) is 27.3. The minimum Gasteiger partial charge on any atom is -0.465 e. The van der Waals surface area contributed by atoms with Crippen molar-refractivity contribution >= 4 is 17.6 Å². The second-order valence-corrected chi connectivity index (χ2v) is 8.74. The molecule has 0 aromatic heterocycles. The summed E-state index contributed by atoms with van der Waals surface area (Å²) in [5.41, 5.74) is 0.854. The lowest BCUT2D eigenvalue weighted by Crippen LogP contribution is -2.47. The number of methoxy groups -OCH3 is 1. The molecular formula is C23H32FNO4. The lowest BCUT2D eigenvalue weighted by molar-refractivity contribution is -0.124. The molecule has 160 valence electrons. The topological polar surface area (TPSA) is 66.8 Å². The highest BCUT2D eigenvalue weighted by molar-refractivity contribution is 6.03. The fraction of sp³-hybridized carbons (Fsp3) is 0.652. The van der Waals surface area contributed by atoms with Crippen LogP contribution < -0.4 is 4.90 Å². The van der Waals surface area contributed by atoms with Crippen LogP contribution in [0, 0.1) is 24.6 Å². The van der Waals surface area contributed by atoms with Gasteiger partial charge in [-0.1, -0.05) is 6.92 Å². The summed E-state index contributed by atoms with van der Waals surface area (Å²) in [5.74, 6) is -0.563. The number of hydrogen-bond acceptors (Lipinski definition) is 4. The van der Waals surface area contributed by atoms with E-state index in [1.165, 1.54) is 19.2 Å².